The second kappa shape index (κ2) is 4.97. The van der Waals surface area contributed by atoms with E-state index in [0.717, 1.165) is 0 Å². The van der Waals surface area contributed by atoms with Crippen LogP contribution in [0, 0.1) is 5.92 Å². The summed E-state index contributed by atoms with van der Waals surface area (Å²) in [4.78, 5) is 25.6. The van der Waals surface area contributed by atoms with E-state index in [1.54, 1.807) is 12.1 Å². The first-order chi connectivity index (χ1) is 9.52. The van der Waals surface area contributed by atoms with Gasteiger partial charge in [0.15, 0.2) is 0 Å². The van der Waals surface area contributed by atoms with E-state index in [1.165, 1.54) is 11.8 Å². The van der Waals surface area contributed by atoms with Crippen molar-refractivity contribution in [1.82, 2.24) is 4.90 Å². The highest BCUT2D eigenvalue weighted by molar-refractivity contribution is 7.86. The van der Waals surface area contributed by atoms with Crippen molar-refractivity contribution in [2.75, 3.05) is 0 Å². The van der Waals surface area contributed by atoms with Gasteiger partial charge in [0, 0.05) is 11.8 Å². The molecule has 106 valence electrons. The van der Waals surface area contributed by atoms with Crippen molar-refractivity contribution in [2.45, 2.75) is 34.9 Å². The number of likely N-dealkylation sites (tertiary alicyclic amines) is 1. The van der Waals surface area contributed by atoms with Crippen molar-refractivity contribution in [3.63, 3.8) is 0 Å². The van der Waals surface area contributed by atoms with Crippen molar-refractivity contribution < 1.29 is 13.8 Å². The van der Waals surface area contributed by atoms with Gasteiger partial charge in [-0.2, -0.15) is 0 Å². The van der Waals surface area contributed by atoms with E-state index in [0.29, 0.717) is 11.3 Å². The van der Waals surface area contributed by atoms with E-state index in [2.05, 4.69) is 0 Å². The number of amides is 2. The molecule has 2 amide bonds. The molecule has 2 aliphatic rings. The van der Waals surface area contributed by atoms with Gasteiger partial charge in [0.1, 0.15) is 0 Å². The Hall–Kier alpha value is -1.20. The number of alkyl halides is 1. The number of imide groups is 1. The van der Waals surface area contributed by atoms with Crippen LogP contribution in [0.5, 0.6) is 0 Å². The highest BCUT2D eigenvalue weighted by Crippen LogP contribution is 2.45. The van der Waals surface area contributed by atoms with Gasteiger partial charge < -0.3 is 0 Å². The Morgan fingerprint density at radius 3 is 2.55 bits per heavy atom. The predicted octanol–water partition coefficient (Wildman–Crippen LogP) is 1.55. The number of carbonyl (C=O) groups excluding carboxylic acids is 2. The fourth-order valence-electron chi connectivity index (χ4n) is 3.16. The van der Waals surface area contributed by atoms with E-state index < -0.39 is 16.2 Å². The molecular formula is C14H14ClNO3S. The summed E-state index contributed by atoms with van der Waals surface area (Å²) in [6, 6.07) is 8.71. The van der Waals surface area contributed by atoms with E-state index in [-0.39, 0.29) is 29.0 Å². The lowest BCUT2D eigenvalue weighted by Gasteiger charge is -2.33. The Morgan fingerprint density at radius 2 is 2.00 bits per heavy atom. The maximum absolute atomic E-state index is 12.7. The molecule has 1 aromatic carbocycles. The van der Waals surface area contributed by atoms with Gasteiger partial charge in [-0.15, -0.1) is 11.6 Å². The third-order valence-electron chi connectivity index (χ3n) is 4.02. The Labute approximate surface area is 124 Å². The zero-order valence-corrected chi connectivity index (χ0v) is 12.4. The molecule has 0 spiro atoms. The lowest BCUT2D eigenvalue weighted by atomic mass is 10.1. The maximum atomic E-state index is 12.7. The standard InChI is InChI=1S/C14H14ClNO3S/c1-8(17)16-11-7-10(14(16)18)12(15)13(11)20(19)9-5-3-2-4-6-9/h2-6,10-13H,7H2,1H3/t10-,11+,12-,13-,20?/m1/s1. The number of piperidine rings is 1. The second-order valence-corrected chi connectivity index (χ2v) is 7.27. The summed E-state index contributed by atoms with van der Waals surface area (Å²) in [5.74, 6) is -0.895. The predicted molar refractivity (Wildman–Crippen MR) is 75.7 cm³/mol. The van der Waals surface area contributed by atoms with Gasteiger partial charge in [0.2, 0.25) is 11.8 Å². The molecule has 0 N–H and O–H groups in total. The number of halogens is 1. The average Bonchev–Trinajstić information content (AvgIpc) is 2.93. The number of nitrogens with zero attached hydrogens (tertiary/aromatic N) is 1. The molecule has 2 fully saturated rings. The van der Waals surface area contributed by atoms with Gasteiger partial charge in [0.05, 0.1) is 33.4 Å². The fraction of sp³-hybridized carbons (Fsp3) is 0.429. The van der Waals surface area contributed by atoms with Crippen molar-refractivity contribution >= 4 is 34.2 Å². The Morgan fingerprint density at radius 1 is 1.35 bits per heavy atom. The molecule has 1 heterocycles. The topological polar surface area (TPSA) is 54.5 Å². The lowest BCUT2D eigenvalue weighted by Crippen LogP contribution is -2.53. The van der Waals surface area contributed by atoms with Crippen molar-refractivity contribution in [1.29, 1.82) is 0 Å². The van der Waals surface area contributed by atoms with Crippen molar-refractivity contribution in [2.24, 2.45) is 5.92 Å². The van der Waals surface area contributed by atoms with E-state index in [1.807, 2.05) is 18.2 Å². The summed E-state index contributed by atoms with van der Waals surface area (Å²) in [5, 5.41) is -0.852. The maximum Gasteiger partial charge on any atom is 0.234 e. The summed E-state index contributed by atoms with van der Waals surface area (Å²) in [7, 11) is -1.32. The first-order valence-corrected chi connectivity index (χ1v) is 8.10. The molecule has 1 aliphatic carbocycles. The monoisotopic (exact) mass is 311 g/mol. The third kappa shape index (κ3) is 1.91. The van der Waals surface area contributed by atoms with Crippen LogP contribution in [0.3, 0.4) is 0 Å². The van der Waals surface area contributed by atoms with Crippen LogP contribution in [0.4, 0.5) is 0 Å². The molecule has 0 aromatic heterocycles. The number of fused-ring (bicyclic) bond motifs is 2. The molecule has 1 aliphatic heterocycles. The number of rotatable bonds is 2. The lowest BCUT2D eigenvalue weighted by molar-refractivity contribution is -0.145. The molecule has 20 heavy (non-hydrogen) atoms. The summed E-state index contributed by atoms with van der Waals surface area (Å²) < 4.78 is 12.7. The van der Waals surface area contributed by atoms with Gasteiger partial charge in [-0.1, -0.05) is 18.2 Å². The zero-order chi connectivity index (χ0) is 14.4. The molecule has 6 heteroatoms. The van der Waals surface area contributed by atoms with Crippen LogP contribution < -0.4 is 0 Å². The van der Waals surface area contributed by atoms with Crippen LogP contribution >= 0.6 is 11.6 Å². The molecule has 1 saturated carbocycles. The second-order valence-electron chi connectivity index (χ2n) is 5.16. The zero-order valence-electron chi connectivity index (χ0n) is 10.9. The molecule has 1 unspecified atom stereocenters. The number of hydrogen-bond donors (Lipinski definition) is 0. The van der Waals surface area contributed by atoms with Gasteiger partial charge in [-0.05, 0) is 18.6 Å². The quantitative estimate of drug-likeness (QED) is 0.779. The number of carbonyl (C=O) groups is 2. The van der Waals surface area contributed by atoms with Crippen LogP contribution in [0.25, 0.3) is 0 Å². The van der Waals surface area contributed by atoms with Crippen LogP contribution in [-0.4, -0.2) is 37.6 Å². The molecule has 4 nitrogen and oxygen atoms in total. The van der Waals surface area contributed by atoms with Crippen LogP contribution in [0.2, 0.25) is 0 Å². The number of hydrogen-bond acceptors (Lipinski definition) is 3. The molecule has 5 atom stereocenters. The first-order valence-electron chi connectivity index (χ1n) is 6.45. The smallest absolute Gasteiger partial charge is 0.234 e. The van der Waals surface area contributed by atoms with Crippen molar-refractivity contribution in [3.8, 4) is 0 Å². The van der Waals surface area contributed by atoms with Gasteiger partial charge >= 0.3 is 0 Å². The SMILES string of the molecule is CC(=O)N1C(=O)[C@@H]2C[C@H]1[C@@H](S(=O)c1ccccc1)[C@@H]2Cl. The summed E-state index contributed by atoms with van der Waals surface area (Å²) >= 11 is 6.33. The van der Waals surface area contributed by atoms with Crippen LogP contribution in [0.1, 0.15) is 13.3 Å². The highest BCUT2D eigenvalue weighted by atomic mass is 35.5. The van der Waals surface area contributed by atoms with Gasteiger partial charge in [-0.3, -0.25) is 18.7 Å². The molecule has 0 radical (unpaired) electrons. The van der Waals surface area contributed by atoms with E-state index in [9.17, 15) is 13.8 Å². The van der Waals surface area contributed by atoms with Gasteiger partial charge in [0.25, 0.3) is 0 Å². The third-order valence-corrected chi connectivity index (χ3v) is 6.58. The minimum absolute atomic E-state index is 0.219. The van der Waals surface area contributed by atoms with Crippen molar-refractivity contribution in [3.05, 3.63) is 30.3 Å². The molecule has 1 saturated heterocycles. The largest absolute Gasteiger partial charge is 0.278 e. The molecule has 1 aromatic rings. The fourth-order valence-corrected chi connectivity index (χ4v) is 5.50. The molecular weight excluding hydrogens is 298 g/mol. The Bertz CT molecular complexity index is 591. The molecule has 3 rings (SSSR count). The minimum atomic E-state index is -1.32. The Balaban J connectivity index is 1.93. The normalized spacial score (nSPS) is 33.5. The van der Waals surface area contributed by atoms with E-state index in [4.69, 9.17) is 11.6 Å². The Kier molecular flexibility index (Phi) is 3.42. The number of benzene rings is 1. The first kappa shape index (κ1) is 13.8. The highest BCUT2D eigenvalue weighted by Gasteiger charge is 2.59. The molecule has 2 bridgehead atoms. The van der Waals surface area contributed by atoms with Crippen LogP contribution in [0.15, 0.2) is 35.2 Å². The van der Waals surface area contributed by atoms with E-state index >= 15 is 0 Å². The minimum Gasteiger partial charge on any atom is -0.278 e. The van der Waals surface area contributed by atoms with Crippen LogP contribution in [-0.2, 0) is 20.4 Å². The summed E-state index contributed by atoms with van der Waals surface area (Å²) in [5.41, 5.74) is 0. The summed E-state index contributed by atoms with van der Waals surface area (Å²) in [6.07, 6.45) is 0.524. The van der Waals surface area contributed by atoms with Gasteiger partial charge in [-0.25, -0.2) is 0 Å². The summed E-state index contributed by atoms with van der Waals surface area (Å²) in [6.45, 7) is 1.37. The average molecular weight is 312 g/mol.